The van der Waals surface area contributed by atoms with Crippen LogP contribution in [0.5, 0.6) is 0 Å². The average Bonchev–Trinajstić information content (AvgIpc) is 2.91. The molecule has 5 rings (SSSR count). The minimum absolute atomic E-state index is 0.409. The van der Waals surface area contributed by atoms with Crippen molar-refractivity contribution in [1.82, 2.24) is 10.3 Å². The number of fused-ring (bicyclic) bond motifs is 1. The quantitative estimate of drug-likeness (QED) is 0.283. The van der Waals surface area contributed by atoms with Gasteiger partial charge in [0, 0.05) is 28.6 Å². The van der Waals surface area contributed by atoms with Gasteiger partial charge in [-0.1, -0.05) is 76.2 Å². The lowest BCUT2D eigenvalue weighted by molar-refractivity contribution is -0.592. The Morgan fingerprint density at radius 2 is 1.39 bits per heavy atom. The van der Waals surface area contributed by atoms with E-state index in [0.717, 1.165) is 63.9 Å². The first-order valence-corrected chi connectivity index (χ1v) is 12.2. The minimum Gasteiger partial charge on any atom is -0.618 e. The molecule has 0 bridgehead atoms. The van der Waals surface area contributed by atoms with Crippen molar-refractivity contribution < 1.29 is 4.73 Å². The number of nitrogens with zero attached hydrogens (tertiary/aromatic N) is 2. The highest BCUT2D eigenvalue weighted by molar-refractivity contribution is 5.99. The number of hydrogen-bond acceptors (Lipinski definition) is 3. The van der Waals surface area contributed by atoms with Gasteiger partial charge >= 0.3 is 0 Å². The molecule has 1 fully saturated rings. The SMILES string of the molecule is CC.CC.[O-][n+]1ccc2c(-c3ccccc3)cc(C3CCNCC3)nc2c1-c1ccccc1. The van der Waals surface area contributed by atoms with Gasteiger partial charge in [-0.2, -0.15) is 4.73 Å². The average molecular weight is 442 g/mol. The number of benzene rings is 2. The molecule has 2 aromatic heterocycles. The summed E-state index contributed by atoms with van der Waals surface area (Å²) < 4.78 is 0.950. The van der Waals surface area contributed by atoms with Gasteiger partial charge in [0.15, 0.2) is 6.20 Å². The number of hydrogen-bond donors (Lipinski definition) is 1. The Balaban J connectivity index is 0.000000728. The van der Waals surface area contributed by atoms with Crippen LogP contribution in [-0.2, 0) is 0 Å². The minimum atomic E-state index is 0.409. The molecule has 0 radical (unpaired) electrons. The van der Waals surface area contributed by atoms with Crippen molar-refractivity contribution in [2.75, 3.05) is 13.1 Å². The van der Waals surface area contributed by atoms with E-state index in [-0.39, 0.29) is 0 Å². The Morgan fingerprint density at radius 1 is 0.818 bits per heavy atom. The van der Waals surface area contributed by atoms with Gasteiger partial charge in [0.1, 0.15) is 5.52 Å². The van der Waals surface area contributed by atoms with Crippen LogP contribution in [0.1, 0.15) is 52.1 Å². The fourth-order valence-corrected chi connectivity index (χ4v) is 4.29. The normalized spacial score (nSPS) is 13.5. The van der Waals surface area contributed by atoms with Crippen LogP contribution < -0.4 is 10.0 Å². The van der Waals surface area contributed by atoms with Crippen LogP contribution >= 0.6 is 0 Å². The van der Waals surface area contributed by atoms with E-state index in [1.807, 2.05) is 70.2 Å². The fourth-order valence-electron chi connectivity index (χ4n) is 4.29. The molecule has 0 spiro atoms. The molecule has 1 N–H and O–H groups in total. The number of rotatable bonds is 3. The molecule has 0 atom stereocenters. The summed E-state index contributed by atoms with van der Waals surface area (Å²) in [6, 6.07) is 24.4. The van der Waals surface area contributed by atoms with Crippen molar-refractivity contribution in [2.45, 2.75) is 46.5 Å². The zero-order valence-corrected chi connectivity index (χ0v) is 20.2. The Hall–Kier alpha value is -3.24. The Morgan fingerprint density at radius 3 is 2.00 bits per heavy atom. The van der Waals surface area contributed by atoms with Crippen molar-refractivity contribution >= 4 is 10.9 Å². The van der Waals surface area contributed by atoms with E-state index in [2.05, 4.69) is 35.6 Å². The molecule has 0 unspecified atom stereocenters. The zero-order chi connectivity index (χ0) is 23.6. The van der Waals surface area contributed by atoms with Gasteiger partial charge in [-0.05, 0) is 55.3 Å². The van der Waals surface area contributed by atoms with Crippen LogP contribution in [-0.4, -0.2) is 18.1 Å². The molecule has 172 valence electrons. The lowest BCUT2D eigenvalue weighted by Crippen LogP contribution is -2.29. The molecule has 1 aliphatic rings. The van der Waals surface area contributed by atoms with E-state index in [4.69, 9.17) is 4.98 Å². The van der Waals surface area contributed by atoms with E-state index in [1.165, 1.54) is 0 Å². The number of piperidine rings is 1. The van der Waals surface area contributed by atoms with Gasteiger partial charge in [0.05, 0.1) is 0 Å². The lowest BCUT2D eigenvalue weighted by atomic mass is 9.90. The maximum atomic E-state index is 12.8. The van der Waals surface area contributed by atoms with Crippen LogP contribution in [0.3, 0.4) is 0 Å². The number of pyridine rings is 2. The third kappa shape index (κ3) is 5.40. The summed E-state index contributed by atoms with van der Waals surface area (Å²) in [5.41, 5.74) is 5.67. The Bertz CT molecular complexity index is 1140. The third-order valence-electron chi connectivity index (χ3n) is 5.79. The van der Waals surface area contributed by atoms with E-state index < -0.39 is 0 Å². The van der Waals surface area contributed by atoms with E-state index in [1.54, 1.807) is 6.20 Å². The van der Waals surface area contributed by atoms with Gasteiger partial charge in [0.25, 0.3) is 0 Å². The molecule has 4 aromatic rings. The first kappa shape index (κ1) is 24.4. The molecule has 4 nitrogen and oxygen atoms in total. The van der Waals surface area contributed by atoms with Crippen LogP contribution in [0, 0.1) is 5.21 Å². The maximum absolute atomic E-state index is 12.8. The second kappa shape index (κ2) is 12.1. The van der Waals surface area contributed by atoms with Gasteiger partial charge < -0.3 is 10.5 Å². The van der Waals surface area contributed by atoms with Gasteiger partial charge in [0.2, 0.25) is 5.69 Å². The van der Waals surface area contributed by atoms with Crippen molar-refractivity contribution in [1.29, 1.82) is 0 Å². The van der Waals surface area contributed by atoms with E-state index in [0.29, 0.717) is 11.6 Å². The molecule has 1 saturated heterocycles. The monoisotopic (exact) mass is 441 g/mol. The van der Waals surface area contributed by atoms with Gasteiger partial charge in [-0.15, -0.1) is 0 Å². The first-order chi connectivity index (χ1) is 16.3. The Labute approximate surface area is 197 Å². The van der Waals surface area contributed by atoms with Gasteiger partial charge in [-0.3, -0.25) is 0 Å². The smallest absolute Gasteiger partial charge is 0.250 e. The van der Waals surface area contributed by atoms with Crippen LogP contribution in [0.2, 0.25) is 0 Å². The zero-order valence-electron chi connectivity index (χ0n) is 20.2. The highest BCUT2D eigenvalue weighted by Gasteiger charge is 2.23. The molecule has 2 aromatic carbocycles. The molecule has 1 aliphatic heterocycles. The van der Waals surface area contributed by atoms with Crippen LogP contribution in [0.25, 0.3) is 33.3 Å². The molecule has 4 heteroatoms. The van der Waals surface area contributed by atoms with Crippen LogP contribution in [0.4, 0.5) is 0 Å². The summed E-state index contributed by atoms with van der Waals surface area (Å²) in [5.74, 6) is 0.409. The molecule has 0 aliphatic carbocycles. The number of aromatic nitrogens is 2. The predicted molar refractivity (Wildman–Crippen MR) is 139 cm³/mol. The molecule has 3 heterocycles. The second-order valence-corrected chi connectivity index (χ2v) is 7.60. The second-order valence-electron chi connectivity index (χ2n) is 7.60. The molecule has 0 saturated carbocycles. The third-order valence-corrected chi connectivity index (χ3v) is 5.79. The lowest BCUT2D eigenvalue weighted by Gasteiger charge is -2.23. The summed E-state index contributed by atoms with van der Waals surface area (Å²) in [7, 11) is 0. The molecular weight excluding hydrogens is 406 g/mol. The fraction of sp³-hybridized carbons (Fsp3) is 0.310. The highest BCUT2D eigenvalue weighted by atomic mass is 16.5. The summed E-state index contributed by atoms with van der Waals surface area (Å²) in [6.07, 6.45) is 3.73. The standard InChI is InChI=1S/C25H23N3O.2C2H6/c29-28-16-13-21-22(18-7-3-1-4-8-18)17-23(19-11-14-26-15-12-19)27-24(21)25(28)20-9-5-2-6-10-20;2*1-2/h1-10,13,16-17,19,26H,11-12,14-15H2;2*1-2H3. The first-order valence-electron chi connectivity index (χ1n) is 12.2. The van der Waals surface area contributed by atoms with Crippen LogP contribution in [0.15, 0.2) is 79.0 Å². The predicted octanol–water partition coefficient (Wildman–Crippen LogP) is 6.72. The molecule has 0 amide bonds. The summed E-state index contributed by atoms with van der Waals surface area (Å²) in [4.78, 5) is 5.07. The summed E-state index contributed by atoms with van der Waals surface area (Å²) in [5, 5.41) is 17.3. The largest absolute Gasteiger partial charge is 0.618 e. The van der Waals surface area contributed by atoms with E-state index >= 15 is 0 Å². The molecule has 33 heavy (non-hydrogen) atoms. The van der Waals surface area contributed by atoms with Crippen molar-refractivity contribution in [3.63, 3.8) is 0 Å². The van der Waals surface area contributed by atoms with Gasteiger partial charge in [-0.25, -0.2) is 4.98 Å². The van der Waals surface area contributed by atoms with Crippen molar-refractivity contribution in [3.8, 4) is 22.4 Å². The summed E-state index contributed by atoms with van der Waals surface area (Å²) >= 11 is 0. The number of nitrogens with one attached hydrogen (secondary N) is 1. The van der Waals surface area contributed by atoms with Crippen molar-refractivity contribution in [2.24, 2.45) is 0 Å². The Kier molecular flexibility index (Phi) is 8.96. The highest BCUT2D eigenvalue weighted by Crippen LogP contribution is 2.35. The maximum Gasteiger partial charge on any atom is 0.250 e. The topological polar surface area (TPSA) is 51.9 Å². The van der Waals surface area contributed by atoms with Crippen molar-refractivity contribution in [3.05, 3.63) is 89.9 Å². The van der Waals surface area contributed by atoms with E-state index in [9.17, 15) is 5.21 Å². The molecular formula is C29H35N3O. The summed E-state index contributed by atoms with van der Waals surface area (Å²) in [6.45, 7) is 10.0.